The molecule has 0 aliphatic heterocycles. The highest BCUT2D eigenvalue weighted by molar-refractivity contribution is 5.96. The van der Waals surface area contributed by atoms with Crippen molar-refractivity contribution >= 4 is 11.9 Å². The number of carbonyl (C=O) groups is 2. The monoisotopic (exact) mass is 371 g/mol. The number of ether oxygens (including phenoxy) is 1. The topological polar surface area (TPSA) is 85.5 Å². The molecule has 1 aromatic heterocycles. The number of benzene rings is 1. The molecule has 0 aliphatic rings. The van der Waals surface area contributed by atoms with Crippen molar-refractivity contribution in [2.45, 2.75) is 20.0 Å². The molecule has 0 saturated heterocycles. The maximum atomic E-state index is 12.7. The van der Waals surface area contributed by atoms with E-state index in [1.807, 2.05) is 0 Å². The van der Waals surface area contributed by atoms with Crippen LogP contribution in [-0.4, -0.2) is 52.8 Å². The van der Waals surface area contributed by atoms with Gasteiger partial charge in [0.2, 0.25) is 0 Å². The lowest BCUT2D eigenvalue weighted by molar-refractivity contribution is -0.153. The molecule has 140 valence electrons. The van der Waals surface area contributed by atoms with E-state index in [1.54, 1.807) is 6.92 Å². The molecule has 10 heteroatoms. The van der Waals surface area contributed by atoms with Gasteiger partial charge in [0.25, 0.3) is 11.8 Å². The van der Waals surface area contributed by atoms with Gasteiger partial charge < -0.3 is 14.2 Å². The number of aryl methyl sites for hydroxylation is 1. The lowest BCUT2D eigenvalue weighted by Crippen LogP contribution is -2.42. The van der Waals surface area contributed by atoms with Gasteiger partial charge >= 0.3 is 12.1 Å². The SMILES string of the molecule is CCOC(=O)CN(CC(F)(F)F)C(=O)c1ccc(-c2nc(C)no2)cc1. The lowest BCUT2D eigenvalue weighted by atomic mass is 10.1. The number of rotatable bonds is 6. The lowest BCUT2D eigenvalue weighted by Gasteiger charge is -2.23. The van der Waals surface area contributed by atoms with Crippen molar-refractivity contribution in [2.75, 3.05) is 19.7 Å². The molecule has 7 nitrogen and oxygen atoms in total. The third kappa shape index (κ3) is 5.30. The van der Waals surface area contributed by atoms with Gasteiger partial charge in [-0.15, -0.1) is 0 Å². The van der Waals surface area contributed by atoms with E-state index in [-0.39, 0.29) is 18.1 Å². The van der Waals surface area contributed by atoms with Gasteiger partial charge in [-0.05, 0) is 38.1 Å². The summed E-state index contributed by atoms with van der Waals surface area (Å²) in [4.78, 5) is 28.3. The minimum absolute atomic E-state index is 0.00514. The van der Waals surface area contributed by atoms with E-state index >= 15 is 0 Å². The third-order valence-corrected chi connectivity index (χ3v) is 3.19. The fourth-order valence-corrected chi connectivity index (χ4v) is 2.13. The number of esters is 1. The predicted molar refractivity (Wildman–Crippen MR) is 83.1 cm³/mol. The summed E-state index contributed by atoms with van der Waals surface area (Å²) in [5, 5.41) is 3.63. The maximum absolute atomic E-state index is 12.7. The molecule has 0 bridgehead atoms. The molecule has 1 heterocycles. The minimum Gasteiger partial charge on any atom is -0.465 e. The van der Waals surface area contributed by atoms with Crippen molar-refractivity contribution in [1.29, 1.82) is 0 Å². The van der Waals surface area contributed by atoms with Crippen LogP contribution in [0.3, 0.4) is 0 Å². The quantitative estimate of drug-likeness (QED) is 0.726. The third-order valence-electron chi connectivity index (χ3n) is 3.19. The van der Waals surface area contributed by atoms with Crippen LogP contribution in [0.1, 0.15) is 23.1 Å². The molecule has 0 unspecified atom stereocenters. The second-order valence-electron chi connectivity index (χ2n) is 5.31. The highest BCUT2D eigenvalue weighted by atomic mass is 19.4. The van der Waals surface area contributed by atoms with Gasteiger partial charge in [-0.3, -0.25) is 9.59 Å². The molecule has 2 aromatic rings. The first-order valence-corrected chi connectivity index (χ1v) is 7.62. The van der Waals surface area contributed by atoms with Crippen LogP contribution in [-0.2, 0) is 9.53 Å². The molecule has 2 rings (SSSR count). The molecule has 0 spiro atoms. The number of hydrogen-bond acceptors (Lipinski definition) is 6. The fraction of sp³-hybridized carbons (Fsp3) is 0.375. The molecule has 0 aliphatic carbocycles. The molecule has 0 fully saturated rings. The van der Waals surface area contributed by atoms with E-state index in [1.165, 1.54) is 31.2 Å². The summed E-state index contributed by atoms with van der Waals surface area (Å²) in [6.07, 6.45) is -4.65. The predicted octanol–water partition coefficient (Wildman–Crippen LogP) is 2.61. The zero-order chi connectivity index (χ0) is 19.3. The first-order valence-electron chi connectivity index (χ1n) is 7.62. The fourth-order valence-electron chi connectivity index (χ4n) is 2.13. The zero-order valence-electron chi connectivity index (χ0n) is 14.0. The van der Waals surface area contributed by atoms with Crippen LogP contribution in [0.4, 0.5) is 13.2 Å². The molecule has 1 aromatic carbocycles. The van der Waals surface area contributed by atoms with Crippen molar-refractivity contribution in [1.82, 2.24) is 15.0 Å². The van der Waals surface area contributed by atoms with E-state index in [9.17, 15) is 22.8 Å². The van der Waals surface area contributed by atoms with Crippen LogP contribution in [0.15, 0.2) is 28.8 Å². The van der Waals surface area contributed by atoms with Gasteiger partial charge in [0.1, 0.15) is 13.1 Å². The Bertz CT molecular complexity index is 772. The number of alkyl halides is 3. The standard InChI is InChI=1S/C16H16F3N3O4/c1-3-25-13(23)8-22(9-16(17,18)19)15(24)12-6-4-11(5-7-12)14-20-10(2)21-26-14/h4-7H,3,8-9H2,1-2H3. The summed E-state index contributed by atoms with van der Waals surface area (Å²) in [5.74, 6) is -1.21. The average Bonchev–Trinajstić information content (AvgIpc) is 2.99. The first kappa shape index (κ1) is 19.4. The minimum atomic E-state index is -4.65. The smallest absolute Gasteiger partial charge is 0.406 e. The number of aromatic nitrogens is 2. The summed E-state index contributed by atoms with van der Waals surface area (Å²) in [7, 11) is 0. The Kier molecular flexibility index (Phi) is 5.96. The largest absolute Gasteiger partial charge is 0.465 e. The Hall–Kier alpha value is -2.91. The van der Waals surface area contributed by atoms with Crippen LogP contribution >= 0.6 is 0 Å². The van der Waals surface area contributed by atoms with Gasteiger partial charge in [0.05, 0.1) is 6.61 Å². The van der Waals surface area contributed by atoms with E-state index in [2.05, 4.69) is 14.9 Å². The second-order valence-corrected chi connectivity index (χ2v) is 5.31. The van der Waals surface area contributed by atoms with Crippen molar-refractivity contribution in [3.05, 3.63) is 35.7 Å². The number of carbonyl (C=O) groups excluding carboxylic acids is 2. The second kappa shape index (κ2) is 7.98. The normalized spacial score (nSPS) is 11.3. The van der Waals surface area contributed by atoms with Crippen LogP contribution in [0.2, 0.25) is 0 Å². The number of nitrogens with zero attached hydrogens (tertiary/aromatic N) is 3. The number of halogens is 3. The van der Waals surface area contributed by atoms with Crippen molar-refractivity contribution < 1.29 is 32.0 Å². The van der Waals surface area contributed by atoms with Crippen LogP contribution in [0, 0.1) is 6.92 Å². The highest BCUT2D eigenvalue weighted by Crippen LogP contribution is 2.21. The molecule has 0 radical (unpaired) electrons. The van der Waals surface area contributed by atoms with Gasteiger partial charge in [-0.2, -0.15) is 18.2 Å². The van der Waals surface area contributed by atoms with Crippen LogP contribution < -0.4 is 0 Å². The summed E-state index contributed by atoms with van der Waals surface area (Å²) in [6, 6.07) is 5.59. The van der Waals surface area contributed by atoms with E-state index in [4.69, 9.17) is 4.52 Å². The molecular formula is C16H16F3N3O4. The van der Waals surface area contributed by atoms with E-state index < -0.39 is 31.1 Å². The summed E-state index contributed by atoms with van der Waals surface area (Å²) in [6.45, 7) is 0.804. The van der Waals surface area contributed by atoms with Crippen molar-refractivity contribution in [3.8, 4) is 11.5 Å². The Morgan fingerprint density at radius 2 is 1.88 bits per heavy atom. The van der Waals surface area contributed by atoms with Gasteiger partial charge in [-0.1, -0.05) is 5.16 Å². The van der Waals surface area contributed by atoms with E-state index in [0.717, 1.165) is 0 Å². The van der Waals surface area contributed by atoms with Crippen LogP contribution in [0.5, 0.6) is 0 Å². The van der Waals surface area contributed by atoms with E-state index in [0.29, 0.717) is 16.3 Å². The van der Waals surface area contributed by atoms with Gasteiger partial charge in [0.15, 0.2) is 5.82 Å². The Balaban J connectivity index is 2.19. The molecule has 1 amide bonds. The average molecular weight is 371 g/mol. The van der Waals surface area contributed by atoms with Gasteiger partial charge in [-0.25, -0.2) is 0 Å². The first-order chi connectivity index (χ1) is 12.2. The summed E-state index contributed by atoms with van der Waals surface area (Å²) >= 11 is 0. The Morgan fingerprint density at radius 1 is 1.23 bits per heavy atom. The van der Waals surface area contributed by atoms with Gasteiger partial charge in [0, 0.05) is 11.1 Å². The summed E-state index contributed by atoms with van der Waals surface area (Å²) < 4.78 is 47.8. The van der Waals surface area contributed by atoms with Crippen LogP contribution in [0.25, 0.3) is 11.5 Å². The maximum Gasteiger partial charge on any atom is 0.406 e. The Morgan fingerprint density at radius 3 is 2.38 bits per heavy atom. The van der Waals surface area contributed by atoms with Crippen molar-refractivity contribution in [2.24, 2.45) is 0 Å². The number of hydrogen-bond donors (Lipinski definition) is 0. The molecule has 0 saturated carbocycles. The summed E-state index contributed by atoms with van der Waals surface area (Å²) in [5.41, 5.74) is 0.494. The Labute approximate surface area is 146 Å². The van der Waals surface area contributed by atoms with Crippen molar-refractivity contribution in [3.63, 3.8) is 0 Å². The highest BCUT2D eigenvalue weighted by Gasteiger charge is 2.34. The molecular weight excluding hydrogens is 355 g/mol. The number of amides is 1. The zero-order valence-corrected chi connectivity index (χ0v) is 14.0. The molecule has 26 heavy (non-hydrogen) atoms. The molecule has 0 atom stereocenters. The molecule has 0 N–H and O–H groups in total.